The largest absolute Gasteiger partial charge is 0.453 e. The van der Waals surface area contributed by atoms with Gasteiger partial charge in [-0.2, -0.15) is 22.7 Å². The quantitative estimate of drug-likeness (QED) is 0.632. The molecule has 1 aliphatic rings. The molecule has 25 heavy (non-hydrogen) atoms. The van der Waals surface area contributed by atoms with E-state index in [0.29, 0.717) is 31.0 Å². The number of halogens is 4. The predicted molar refractivity (Wildman–Crippen MR) is 81.7 cm³/mol. The summed E-state index contributed by atoms with van der Waals surface area (Å²) in [6.07, 6.45) is -4.04. The molecule has 0 spiro atoms. The molecule has 0 fully saturated rings. The minimum Gasteiger partial charge on any atom is -0.352 e. The highest BCUT2D eigenvalue weighted by atomic mass is 19.4. The Bertz CT molecular complexity index is 963. The van der Waals surface area contributed by atoms with E-state index in [-0.39, 0.29) is 11.6 Å². The first-order valence-electron chi connectivity index (χ1n) is 7.65. The Hall–Kier alpha value is -2.71. The number of alkyl halides is 3. The van der Waals surface area contributed by atoms with Crippen molar-refractivity contribution in [2.24, 2.45) is 0 Å². The highest BCUT2D eigenvalue weighted by Crippen LogP contribution is 2.29. The van der Waals surface area contributed by atoms with E-state index >= 15 is 0 Å². The maximum absolute atomic E-state index is 13.3. The molecule has 130 valence electrons. The number of nitrogens with zero attached hydrogens (tertiary/aromatic N) is 5. The van der Waals surface area contributed by atoms with Gasteiger partial charge in [0.15, 0.2) is 0 Å². The first kappa shape index (κ1) is 15.8. The Labute approximate surface area is 139 Å². The van der Waals surface area contributed by atoms with E-state index in [1.165, 1.54) is 12.1 Å². The van der Waals surface area contributed by atoms with Crippen LogP contribution in [-0.4, -0.2) is 26.1 Å². The van der Waals surface area contributed by atoms with Crippen molar-refractivity contribution < 1.29 is 17.6 Å². The fourth-order valence-electron chi connectivity index (χ4n) is 3.03. The lowest BCUT2D eigenvalue weighted by atomic mass is 9.99. The molecule has 0 amide bonds. The summed E-state index contributed by atoms with van der Waals surface area (Å²) < 4.78 is 53.2. The Morgan fingerprint density at radius 1 is 1.08 bits per heavy atom. The van der Waals surface area contributed by atoms with Crippen molar-refractivity contribution >= 4 is 11.6 Å². The Morgan fingerprint density at radius 2 is 1.88 bits per heavy atom. The monoisotopic (exact) mass is 351 g/mol. The SMILES string of the molecule is Cc1cc(N2CCc3cc(F)ccc3C2)n2nc(C(F)(F)F)nc2n1. The first-order valence-corrected chi connectivity index (χ1v) is 7.65. The van der Waals surface area contributed by atoms with Crippen molar-refractivity contribution in [3.63, 3.8) is 0 Å². The lowest BCUT2D eigenvalue weighted by Gasteiger charge is -2.30. The van der Waals surface area contributed by atoms with Gasteiger partial charge in [-0.05, 0) is 36.6 Å². The summed E-state index contributed by atoms with van der Waals surface area (Å²) in [5.41, 5.74) is 2.40. The van der Waals surface area contributed by atoms with Gasteiger partial charge in [-0.25, -0.2) is 9.37 Å². The molecule has 0 bridgehead atoms. The number of anilines is 1. The van der Waals surface area contributed by atoms with Crippen LogP contribution in [-0.2, 0) is 19.1 Å². The smallest absolute Gasteiger partial charge is 0.352 e. The third-order valence-corrected chi connectivity index (χ3v) is 4.18. The molecule has 0 unspecified atom stereocenters. The van der Waals surface area contributed by atoms with Gasteiger partial charge in [-0.1, -0.05) is 6.07 Å². The topological polar surface area (TPSA) is 46.3 Å². The van der Waals surface area contributed by atoms with Gasteiger partial charge in [0, 0.05) is 24.8 Å². The Kier molecular flexibility index (Phi) is 3.41. The molecule has 4 rings (SSSR count). The maximum Gasteiger partial charge on any atom is 0.453 e. The highest BCUT2D eigenvalue weighted by molar-refractivity contribution is 5.50. The van der Waals surface area contributed by atoms with Gasteiger partial charge < -0.3 is 4.90 Å². The summed E-state index contributed by atoms with van der Waals surface area (Å²) in [5, 5.41) is 3.59. The van der Waals surface area contributed by atoms with E-state index < -0.39 is 12.0 Å². The van der Waals surface area contributed by atoms with E-state index in [2.05, 4.69) is 15.1 Å². The number of rotatable bonds is 1. The molecule has 0 aliphatic carbocycles. The fraction of sp³-hybridized carbons (Fsp3) is 0.312. The maximum atomic E-state index is 13.3. The van der Waals surface area contributed by atoms with Crippen LogP contribution in [0.5, 0.6) is 0 Å². The van der Waals surface area contributed by atoms with Crippen molar-refractivity contribution in [3.8, 4) is 0 Å². The minimum absolute atomic E-state index is 0.0905. The zero-order chi connectivity index (χ0) is 17.8. The summed E-state index contributed by atoms with van der Waals surface area (Å²) in [6.45, 7) is 2.68. The average Bonchev–Trinajstić information content (AvgIpc) is 2.97. The molecule has 0 radical (unpaired) electrons. The standard InChI is InChI=1S/C16H13F4N5/c1-9-6-13(25-15(21-9)22-14(23-25)16(18,19)20)24-5-4-10-7-12(17)3-2-11(10)8-24/h2-3,6-7H,4-5,8H2,1H3. The Morgan fingerprint density at radius 3 is 2.64 bits per heavy atom. The van der Waals surface area contributed by atoms with Crippen molar-refractivity contribution in [1.82, 2.24) is 19.6 Å². The van der Waals surface area contributed by atoms with Gasteiger partial charge in [0.2, 0.25) is 0 Å². The summed E-state index contributed by atoms with van der Waals surface area (Å²) in [5.74, 6) is -1.11. The molecule has 0 saturated carbocycles. The third kappa shape index (κ3) is 2.79. The summed E-state index contributed by atoms with van der Waals surface area (Å²) in [4.78, 5) is 9.43. The second kappa shape index (κ2) is 5.40. The summed E-state index contributed by atoms with van der Waals surface area (Å²) in [6, 6.07) is 6.26. The van der Waals surface area contributed by atoms with Crippen molar-refractivity contribution in [2.75, 3.05) is 11.4 Å². The van der Waals surface area contributed by atoms with Crippen molar-refractivity contribution in [3.05, 3.63) is 52.7 Å². The van der Waals surface area contributed by atoms with Crippen molar-refractivity contribution in [2.45, 2.75) is 26.1 Å². The van der Waals surface area contributed by atoms with E-state index in [0.717, 1.165) is 15.6 Å². The first-order chi connectivity index (χ1) is 11.8. The number of benzene rings is 1. The van der Waals surface area contributed by atoms with Gasteiger partial charge >= 0.3 is 6.18 Å². The fourth-order valence-corrected chi connectivity index (χ4v) is 3.03. The number of hydrogen-bond donors (Lipinski definition) is 0. The van der Waals surface area contributed by atoms with Crippen LogP contribution in [0.25, 0.3) is 5.78 Å². The predicted octanol–water partition coefficient (Wildman–Crippen LogP) is 3.15. The molecular weight excluding hydrogens is 338 g/mol. The molecule has 3 heterocycles. The van der Waals surface area contributed by atoms with E-state index in [1.54, 1.807) is 19.1 Å². The normalized spacial score (nSPS) is 14.8. The van der Waals surface area contributed by atoms with Gasteiger partial charge in [-0.3, -0.25) is 0 Å². The van der Waals surface area contributed by atoms with Crippen LogP contribution in [0, 0.1) is 12.7 Å². The molecule has 0 atom stereocenters. The minimum atomic E-state index is -4.63. The number of aryl methyl sites for hydroxylation is 1. The van der Waals surface area contributed by atoms with Gasteiger partial charge in [0.25, 0.3) is 11.6 Å². The van der Waals surface area contributed by atoms with Crippen LogP contribution in [0.15, 0.2) is 24.3 Å². The van der Waals surface area contributed by atoms with Crippen LogP contribution in [0.4, 0.5) is 23.4 Å². The molecular formula is C16H13F4N5. The second-order valence-electron chi connectivity index (χ2n) is 5.99. The Balaban J connectivity index is 1.79. The van der Waals surface area contributed by atoms with Crippen LogP contribution >= 0.6 is 0 Å². The van der Waals surface area contributed by atoms with Gasteiger partial charge in [0.05, 0.1) is 0 Å². The number of fused-ring (bicyclic) bond motifs is 2. The lowest BCUT2D eigenvalue weighted by molar-refractivity contribution is -0.144. The molecule has 3 aromatic rings. The number of hydrogen-bond acceptors (Lipinski definition) is 4. The molecule has 1 aromatic carbocycles. The van der Waals surface area contributed by atoms with Crippen LogP contribution in [0.1, 0.15) is 22.6 Å². The number of aromatic nitrogens is 4. The van der Waals surface area contributed by atoms with Crippen LogP contribution in [0.2, 0.25) is 0 Å². The zero-order valence-corrected chi connectivity index (χ0v) is 13.2. The highest BCUT2D eigenvalue weighted by Gasteiger charge is 2.37. The van der Waals surface area contributed by atoms with Crippen LogP contribution < -0.4 is 4.90 Å². The molecule has 5 nitrogen and oxygen atoms in total. The second-order valence-corrected chi connectivity index (χ2v) is 5.99. The van der Waals surface area contributed by atoms with Crippen molar-refractivity contribution in [1.29, 1.82) is 0 Å². The third-order valence-electron chi connectivity index (χ3n) is 4.18. The molecule has 0 saturated heterocycles. The van der Waals surface area contributed by atoms with Gasteiger partial charge in [0.1, 0.15) is 11.6 Å². The molecule has 0 N–H and O–H groups in total. The summed E-state index contributed by atoms with van der Waals surface area (Å²) >= 11 is 0. The lowest BCUT2D eigenvalue weighted by Crippen LogP contribution is -2.32. The van der Waals surface area contributed by atoms with Gasteiger partial charge in [-0.15, -0.1) is 5.10 Å². The van der Waals surface area contributed by atoms with E-state index in [1.807, 2.05) is 4.90 Å². The molecule has 1 aliphatic heterocycles. The average molecular weight is 351 g/mol. The summed E-state index contributed by atoms with van der Waals surface area (Å²) in [7, 11) is 0. The molecule has 2 aromatic heterocycles. The van der Waals surface area contributed by atoms with E-state index in [4.69, 9.17) is 0 Å². The van der Waals surface area contributed by atoms with E-state index in [9.17, 15) is 17.6 Å². The molecule has 9 heteroatoms. The van der Waals surface area contributed by atoms with Crippen LogP contribution in [0.3, 0.4) is 0 Å². The zero-order valence-electron chi connectivity index (χ0n) is 13.2.